The lowest BCUT2D eigenvalue weighted by Gasteiger charge is -2.25. The first-order valence-corrected chi connectivity index (χ1v) is 9.72. The van der Waals surface area contributed by atoms with Crippen molar-refractivity contribution in [3.63, 3.8) is 0 Å². The average molecular weight is 440 g/mol. The number of amides is 1. The molecular weight excluding hydrogens is 419 g/mol. The molecule has 0 aliphatic heterocycles. The zero-order valence-electron chi connectivity index (χ0n) is 15.3. The molecule has 5 nitrogen and oxygen atoms in total. The van der Waals surface area contributed by atoms with Crippen LogP contribution >= 0.6 is 34.8 Å². The van der Waals surface area contributed by atoms with E-state index in [-0.39, 0.29) is 0 Å². The minimum atomic E-state index is -1.81. The lowest BCUT2D eigenvalue weighted by atomic mass is 10.2. The van der Waals surface area contributed by atoms with Crippen LogP contribution in [0.3, 0.4) is 0 Å². The maximum Gasteiger partial charge on any atom is 0.245 e. The van der Waals surface area contributed by atoms with Crippen molar-refractivity contribution in [2.24, 2.45) is 0 Å². The minimum absolute atomic E-state index is 0.342. The number of aromatic nitrogens is 2. The number of halogens is 3. The Balaban J connectivity index is 2.13. The first-order valence-electron chi connectivity index (χ1n) is 8.59. The summed E-state index contributed by atoms with van der Waals surface area (Å²) in [6.07, 6.45) is 8.38. The highest BCUT2D eigenvalue weighted by Gasteiger charge is 2.34. The molecule has 0 saturated carbocycles. The van der Waals surface area contributed by atoms with Crippen molar-refractivity contribution in [3.05, 3.63) is 66.0 Å². The second kappa shape index (κ2) is 10.4. The highest BCUT2D eigenvalue weighted by atomic mass is 35.6. The summed E-state index contributed by atoms with van der Waals surface area (Å²) in [7, 11) is 0. The maximum absolute atomic E-state index is 12.3. The van der Waals surface area contributed by atoms with Gasteiger partial charge in [0, 0.05) is 6.08 Å². The number of aromatic amines is 1. The van der Waals surface area contributed by atoms with Crippen LogP contribution in [0.5, 0.6) is 0 Å². The number of benzene rings is 1. The number of rotatable bonds is 8. The fourth-order valence-electron chi connectivity index (χ4n) is 2.25. The number of nitrogens with one attached hydrogen (secondary N) is 3. The molecule has 1 unspecified atom stereocenters. The molecular formula is C20H21Cl3N4O. The molecule has 2 rings (SSSR count). The van der Waals surface area contributed by atoms with E-state index in [1.807, 2.05) is 49.4 Å². The predicted octanol–water partition coefficient (Wildman–Crippen LogP) is 5.41. The van der Waals surface area contributed by atoms with Gasteiger partial charge in [-0.2, -0.15) is 0 Å². The van der Waals surface area contributed by atoms with Gasteiger partial charge in [0.25, 0.3) is 0 Å². The van der Waals surface area contributed by atoms with Crippen molar-refractivity contribution in [2.75, 3.05) is 5.32 Å². The summed E-state index contributed by atoms with van der Waals surface area (Å²) in [6, 6.07) is 9.40. The summed E-state index contributed by atoms with van der Waals surface area (Å²) in [5.41, 5.74) is 2.29. The number of anilines is 1. The Labute approximate surface area is 179 Å². The molecule has 1 heterocycles. The van der Waals surface area contributed by atoms with Crippen LogP contribution in [0.2, 0.25) is 0 Å². The molecule has 2 aromatic rings. The summed E-state index contributed by atoms with van der Waals surface area (Å²) < 4.78 is -1.81. The summed E-state index contributed by atoms with van der Waals surface area (Å²) in [4.78, 5) is 19.7. The molecule has 1 aromatic heterocycles. The van der Waals surface area contributed by atoms with E-state index in [1.54, 1.807) is 12.2 Å². The Bertz CT molecular complexity index is 854. The van der Waals surface area contributed by atoms with Gasteiger partial charge in [-0.25, -0.2) is 4.98 Å². The largest absolute Gasteiger partial charge is 0.332 e. The molecule has 0 radical (unpaired) electrons. The third-order valence-electron chi connectivity index (χ3n) is 3.60. The molecule has 1 aromatic carbocycles. The van der Waals surface area contributed by atoms with Crippen molar-refractivity contribution in [1.82, 2.24) is 15.3 Å². The third kappa shape index (κ3) is 6.75. The first-order chi connectivity index (χ1) is 13.3. The van der Waals surface area contributed by atoms with Crippen LogP contribution in [0, 0.1) is 0 Å². The van der Waals surface area contributed by atoms with E-state index < -0.39 is 15.9 Å². The molecule has 3 N–H and O–H groups in total. The van der Waals surface area contributed by atoms with Gasteiger partial charge in [0.1, 0.15) is 6.17 Å². The van der Waals surface area contributed by atoms with Gasteiger partial charge >= 0.3 is 0 Å². The quantitative estimate of drug-likeness (QED) is 0.292. The molecule has 8 heteroatoms. The molecule has 28 heavy (non-hydrogen) atoms. The Kier molecular flexibility index (Phi) is 8.18. The fourth-order valence-corrected chi connectivity index (χ4v) is 2.58. The lowest BCUT2D eigenvalue weighted by molar-refractivity contribution is -0.116. The number of imidazole rings is 1. The van der Waals surface area contributed by atoms with E-state index in [0.717, 1.165) is 17.7 Å². The van der Waals surface area contributed by atoms with Crippen molar-refractivity contribution in [1.29, 1.82) is 0 Å². The topological polar surface area (TPSA) is 69.8 Å². The normalized spacial score (nSPS) is 13.0. The van der Waals surface area contributed by atoms with E-state index in [9.17, 15) is 4.79 Å². The predicted molar refractivity (Wildman–Crippen MR) is 119 cm³/mol. The van der Waals surface area contributed by atoms with E-state index in [4.69, 9.17) is 34.8 Å². The van der Waals surface area contributed by atoms with E-state index in [0.29, 0.717) is 11.6 Å². The Morgan fingerprint density at radius 2 is 2.00 bits per heavy atom. The van der Waals surface area contributed by atoms with Gasteiger partial charge in [-0.1, -0.05) is 84.7 Å². The number of alkyl halides is 3. The smallest absolute Gasteiger partial charge is 0.245 e. The van der Waals surface area contributed by atoms with Gasteiger partial charge in [-0.3, -0.25) is 4.79 Å². The van der Waals surface area contributed by atoms with Gasteiger partial charge in [-0.05, 0) is 30.2 Å². The Hall–Kier alpha value is -2.21. The molecule has 0 bridgehead atoms. The van der Waals surface area contributed by atoms with Crippen LogP contribution in [0.15, 0.2) is 49.1 Å². The second-order valence-electron chi connectivity index (χ2n) is 5.77. The highest BCUT2D eigenvalue weighted by molar-refractivity contribution is 6.68. The lowest BCUT2D eigenvalue weighted by Crippen LogP contribution is -2.48. The van der Waals surface area contributed by atoms with E-state index >= 15 is 0 Å². The number of H-pyrrole nitrogens is 1. The SMILES string of the molecule is C=Cc1nc(NC(NC(=O)/C=C/c2ccccc2)C(Cl)(Cl)Cl)[nH]c1/C=C\CC. The van der Waals surface area contributed by atoms with Gasteiger partial charge in [-0.15, -0.1) is 0 Å². The summed E-state index contributed by atoms with van der Waals surface area (Å²) >= 11 is 18.1. The van der Waals surface area contributed by atoms with Gasteiger partial charge < -0.3 is 15.6 Å². The van der Waals surface area contributed by atoms with Crippen molar-refractivity contribution in [3.8, 4) is 0 Å². The molecule has 0 saturated heterocycles. The third-order valence-corrected chi connectivity index (χ3v) is 4.25. The van der Waals surface area contributed by atoms with Crippen LogP contribution in [-0.2, 0) is 4.79 Å². The Morgan fingerprint density at radius 3 is 2.61 bits per heavy atom. The van der Waals surface area contributed by atoms with E-state index in [1.165, 1.54) is 6.08 Å². The number of hydrogen-bond acceptors (Lipinski definition) is 3. The zero-order chi connectivity index (χ0) is 20.6. The van der Waals surface area contributed by atoms with Crippen molar-refractivity contribution >= 4 is 64.9 Å². The number of allylic oxidation sites excluding steroid dienone is 1. The van der Waals surface area contributed by atoms with Gasteiger partial charge in [0.15, 0.2) is 0 Å². The van der Waals surface area contributed by atoms with Crippen LogP contribution in [0.4, 0.5) is 5.95 Å². The molecule has 0 fully saturated rings. The van der Waals surface area contributed by atoms with Gasteiger partial charge in [0.05, 0.1) is 11.4 Å². The minimum Gasteiger partial charge on any atom is -0.332 e. The number of nitrogens with zero attached hydrogens (tertiary/aromatic N) is 1. The van der Waals surface area contributed by atoms with Crippen molar-refractivity contribution < 1.29 is 4.79 Å². The number of carbonyl (C=O) groups excluding carboxylic acids is 1. The summed E-state index contributed by atoms with van der Waals surface area (Å²) in [5.74, 6) is -0.0800. The van der Waals surface area contributed by atoms with Crippen molar-refractivity contribution in [2.45, 2.75) is 23.3 Å². The molecule has 148 valence electrons. The fraction of sp³-hybridized carbons (Fsp3) is 0.200. The molecule has 0 aliphatic carbocycles. The van der Waals surface area contributed by atoms with Crippen LogP contribution in [0.25, 0.3) is 18.2 Å². The molecule has 0 aliphatic rings. The average Bonchev–Trinajstić information content (AvgIpc) is 3.06. The summed E-state index contributed by atoms with van der Waals surface area (Å²) in [5, 5.41) is 5.54. The molecule has 1 atom stereocenters. The zero-order valence-corrected chi connectivity index (χ0v) is 17.5. The number of hydrogen-bond donors (Lipinski definition) is 3. The van der Waals surface area contributed by atoms with Crippen LogP contribution in [0.1, 0.15) is 30.3 Å². The molecule has 0 spiro atoms. The molecule has 1 amide bonds. The highest BCUT2D eigenvalue weighted by Crippen LogP contribution is 2.31. The second-order valence-corrected chi connectivity index (χ2v) is 8.14. The van der Waals surface area contributed by atoms with E-state index in [2.05, 4.69) is 27.2 Å². The standard InChI is InChI=1S/C20H21Cl3N4O/c1-3-5-11-16-15(4-2)24-19(25-16)27-18(20(21,22)23)26-17(28)13-12-14-9-7-6-8-10-14/h4-13,18H,2-3H2,1H3,(H,26,28)(H2,24,25,27)/b11-5-,13-12+. The monoisotopic (exact) mass is 438 g/mol. The first kappa shape index (κ1) is 22.1. The number of carbonyl (C=O) groups is 1. The van der Waals surface area contributed by atoms with Gasteiger partial charge in [0.2, 0.25) is 15.6 Å². The van der Waals surface area contributed by atoms with Crippen LogP contribution in [-0.4, -0.2) is 25.8 Å². The Morgan fingerprint density at radius 1 is 1.29 bits per heavy atom. The summed E-state index contributed by atoms with van der Waals surface area (Å²) in [6.45, 7) is 5.77. The van der Waals surface area contributed by atoms with Crippen LogP contribution < -0.4 is 10.6 Å². The maximum atomic E-state index is 12.3.